The molecule has 0 aliphatic heterocycles. The zero-order valence-corrected chi connectivity index (χ0v) is 19.0. The molecule has 0 spiro atoms. The molecule has 4 N–H and O–H groups in total. The number of nitrogens with one attached hydrogen (secondary N) is 3. The van der Waals surface area contributed by atoms with Crippen LogP contribution in [0.3, 0.4) is 0 Å². The maximum Gasteiger partial charge on any atom is 0.251 e. The quantitative estimate of drug-likeness (QED) is 0.322. The number of carbonyl (C=O) groups is 3. The normalized spacial score (nSPS) is 10.4. The number of anilines is 1. The maximum atomic E-state index is 12.4. The van der Waals surface area contributed by atoms with Crippen LogP contribution >= 0.6 is 11.3 Å². The fourth-order valence-corrected chi connectivity index (χ4v) is 3.93. The Morgan fingerprint density at radius 3 is 2.18 bits per heavy atom. The molecule has 3 rings (SSSR count). The van der Waals surface area contributed by atoms with Crippen LogP contribution in [0, 0.1) is 0 Å². The van der Waals surface area contributed by atoms with Gasteiger partial charge in [0.2, 0.25) is 5.91 Å². The van der Waals surface area contributed by atoms with E-state index in [0.29, 0.717) is 42.7 Å². The predicted octanol–water partition coefficient (Wildman–Crippen LogP) is 3.97. The number of thiophene rings is 1. The Morgan fingerprint density at radius 1 is 0.818 bits per heavy atom. The molecule has 8 heteroatoms. The summed E-state index contributed by atoms with van der Waals surface area (Å²) in [4.78, 5) is 37.9. The third-order valence-electron chi connectivity index (χ3n) is 4.85. The molecule has 1 heterocycles. The molecular weight excluding hydrogens is 438 g/mol. The van der Waals surface area contributed by atoms with E-state index in [2.05, 4.69) is 22.0 Å². The third-order valence-corrected chi connectivity index (χ3v) is 5.78. The Morgan fingerprint density at radius 2 is 1.52 bits per heavy atom. The van der Waals surface area contributed by atoms with Crippen LogP contribution < -0.4 is 16.0 Å². The van der Waals surface area contributed by atoms with E-state index in [1.165, 1.54) is 17.0 Å². The number of phenolic OH excluding ortho intramolecular Hbond substituents is 1. The Balaban J connectivity index is 1.36. The van der Waals surface area contributed by atoms with Crippen LogP contribution in [0.1, 0.15) is 44.9 Å². The van der Waals surface area contributed by atoms with Gasteiger partial charge in [-0.05, 0) is 67.1 Å². The van der Waals surface area contributed by atoms with Gasteiger partial charge in [0.25, 0.3) is 11.8 Å². The number of aryl methyl sites for hydroxylation is 1. The van der Waals surface area contributed by atoms with Gasteiger partial charge in [-0.1, -0.05) is 18.2 Å². The van der Waals surface area contributed by atoms with Gasteiger partial charge in [0.05, 0.1) is 0 Å². The number of hydrogen-bond donors (Lipinski definition) is 4. The van der Waals surface area contributed by atoms with E-state index in [1.54, 1.807) is 47.7 Å². The first-order valence-electron chi connectivity index (χ1n) is 10.8. The Labute approximate surface area is 196 Å². The van der Waals surface area contributed by atoms with Crippen molar-refractivity contribution in [1.82, 2.24) is 10.6 Å². The second-order valence-electron chi connectivity index (χ2n) is 7.48. The molecule has 0 aliphatic rings. The second kappa shape index (κ2) is 12.4. The van der Waals surface area contributed by atoms with E-state index in [1.807, 2.05) is 11.4 Å². The van der Waals surface area contributed by atoms with E-state index < -0.39 is 0 Å². The molecule has 172 valence electrons. The molecule has 0 saturated heterocycles. The molecule has 0 radical (unpaired) electrons. The lowest BCUT2D eigenvalue weighted by molar-refractivity contribution is -0.116. The minimum absolute atomic E-state index is 0.0340. The fourth-order valence-electron chi connectivity index (χ4n) is 3.18. The summed E-state index contributed by atoms with van der Waals surface area (Å²) in [5.74, 6) is -0.572. The number of hydrogen-bond acceptors (Lipinski definition) is 5. The van der Waals surface area contributed by atoms with Crippen molar-refractivity contribution < 1.29 is 19.5 Å². The van der Waals surface area contributed by atoms with Gasteiger partial charge in [-0.3, -0.25) is 14.4 Å². The molecule has 3 aromatic rings. The zero-order chi connectivity index (χ0) is 23.5. The van der Waals surface area contributed by atoms with Gasteiger partial charge in [-0.2, -0.15) is 0 Å². The van der Waals surface area contributed by atoms with Crippen LogP contribution in [0.2, 0.25) is 0 Å². The molecule has 1 aromatic heterocycles. The summed E-state index contributed by atoms with van der Waals surface area (Å²) in [5.41, 5.74) is 1.42. The summed E-state index contributed by atoms with van der Waals surface area (Å²) >= 11 is 1.69. The lowest BCUT2D eigenvalue weighted by Crippen LogP contribution is -2.30. The molecule has 2 aromatic carbocycles. The van der Waals surface area contributed by atoms with Crippen molar-refractivity contribution in [3.8, 4) is 5.75 Å². The number of benzene rings is 2. The Hall–Kier alpha value is -3.65. The third kappa shape index (κ3) is 8.08. The number of aromatic hydroxyl groups is 1. The molecular formula is C25H27N3O4S. The van der Waals surface area contributed by atoms with Crippen molar-refractivity contribution >= 4 is 34.7 Å². The first-order valence-corrected chi connectivity index (χ1v) is 11.7. The highest BCUT2D eigenvalue weighted by Crippen LogP contribution is 2.14. The van der Waals surface area contributed by atoms with Gasteiger partial charge in [0.1, 0.15) is 5.75 Å². The highest BCUT2D eigenvalue weighted by atomic mass is 32.1. The minimum Gasteiger partial charge on any atom is -0.508 e. The average molecular weight is 466 g/mol. The molecule has 0 aliphatic carbocycles. The van der Waals surface area contributed by atoms with Crippen LogP contribution in [-0.4, -0.2) is 35.9 Å². The second-order valence-corrected chi connectivity index (χ2v) is 8.51. The predicted molar refractivity (Wildman–Crippen MR) is 130 cm³/mol. The lowest BCUT2D eigenvalue weighted by atomic mass is 10.1. The molecule has 7 nitrogen and oxygen atoms in total. The van der Waals surface area contributed by atoms with Crippen molar-refractivity contribution in [3.63, 3.8) is 0 Å². The number of carbonyl (C=O) groups excluding carboxylic acids is 3. The Kier molecular flexibility index (Phi) is 9.02. The van der Waals surface area contributed by atoms with Crippen LogP contribution in [0.15, 0.2) is 66.0 Å². The van der Waals surface area contributed by atoms with E-state index in [0.717, 1.165) is 12.8 Å². The lowest BCUT2D eigenvalue weighted by Gasteiger charge is -2.09. The largest absolute Gasteiger partial charge is 0.508 e. The number of rotatable bonds is 11. The van der Waals surface area contributed by atoms with Crippen LogP contribution in [0.4, 0.5) is 5.69 Å². The molecule has 0 bridgehead atoms. The van der Waals surface area contributed by atoms with E-state index in [-0.39, 0.29) is 23.5 Å². The summed E-state index contributed by atoms with van der Waals surface area (Å²) in [7, 11) is 0. The highest BCUT2D eigenvalue weighted by molar-refractivity contribution is 7.09. The van der Waals surface area contributed by atoms with Crippen LogP contribution in [0.5, 0.6) is 5.75 Å². The molecule has 0 unspecified atom stereocenters. The topological polar surface area (TPSA) is 108 Å². The molecule has 3 amide bonds. The van der Waals surface area contributed by atoms with Crippen molar-refractivity contribution in [1.29, 1.82) is 0 Å². The van der Waals surface area contributed by atoms with Crippen molar-refractivity contribution in [2.24, 2.45) is 0 Å². The van der Waals surface area contributed by atoms with Gasteiger partial charge in [0, 0.05) is 41.2 Å². The van der Waals surface area contributed by atoms with Gasteiger partial charge in [-0.25, -0.2) is 0 Å². The summed E-state index contributed by atoms with van der Waals surface area (Å²) in [6, 6.07) is 17.0. The fraction of sp³-hybridized carbons (Fsp3) is 0.240. The van der Waals surface area contributed by atoms with Crippen molar-refractivity contribution in [2.75, 3.05) is 18.4 Å². The van der Waals surface area contributed by atoms with Gasteiger partial charge in [0.15, 0.2) is 0 Å². The summed E-state index contributed by atoms with van der Waals surface area (Å²) in [6.45, 7) is 0.773. The summed E-state index contributed by atoms with van der Waals surface area (Å²) < 4.78 is 0. The van der Waals surface area contributed by atoms with Crippen molar-refractivity contribution in [2.45, 2.75) is 25.7 Å². The van der Waals surface area contributed by atoms with E-state index in [9.17, 15) is 19.5 Å². The van der Waals surface area contributed by atoms with Crippen molar-refractivity contribution in [3.05, 3.63) is 82.0 Å². The first kappa shape index (κ1) is 24.0. The molecule has 0 saturated carbocycles. The average Bonchev–Trinajstić information content (AvgIpc) is 3.32. The maximum absolute atomic E-state index is 12.4. The van der Waals surface area contributed by atoms with E-state index >= 15 is 0 Å². The Bertz CT molecular complexity index is 1080. The number of phenols is 1. The van der Waals surface area contributed by atoms with Crippen LogP contribution in [0.25, 0.3) is 0 Å². The minimum atomic E-state index is -0.281. The smallest absolute Gasteiger partial charge is 0.251 e. The molecule has 0 fully saturated rings. The summed E-state index contributed by atoms with van der Waals surface area (Å²) in [6.07, 6.45) is 2.62. The standard InChI is InChI=1S/C25H27N3O4S/c29-21-9-2-7-19(17-21)25(32)27-14-5-13-26-24(31)18-6-1-8-20(16-18)28-23(30)12-3-10-22-11-4-15-33-22/h1-2,4,6-9,11,15-17,29H,3,5,10,12-14H2,(H,26,31)(H,27,32)(H,28,30). The van der Waals surface area contributed by atoms with Crippen LogP contribution in [-0.2, 0) is 11.2 Å². The van der Waals surface area contributed by atoms with Gasteiger partial charge >= 0.3 is 0 Å². The SMILES string of the molecule is O=C(CCCc1cccs1)Nc1cccc(C(=O)NCCCNC(=O)c2cccc(O)c2)c1. The number of amides is 3. The summed E-state index contributed by atoms with van der Waals surface area (Å²) in [5, 5.41) is 19.9. The van der Waals surface area contributed by atoms with E-state index in [4.69, 9.17) is 0 Å². The zero-order valence-electron chi connectivity index (χ0n) is 18.2. The molecule has 0 atom stereocenters. The monoisotopic (exact) mass is 465 g/mol. The first-order chi connectivity index (χ1) is 16.0. The van der Waals surface area contributed by atoms with Gasteiger partial charge in [-0.15, -0.1) is 11.3 Å². The molecule has 33 heavy (non-hydrogen) atoms. The van der Waals surface area contributed by atoms with Gasteiger partial charge < -0.3 is 21.1 Å². The highest BCUT2D eigenvalue weighted by Gasteiger charge is 2.09.